The monoisotopic (exact) mass is 464 g/mol. The first-order chi connectivity index (χ1) is 13.5. The number of hydrogen-bond acceptors (Lipinski definition) is 3. The second kappa shape index (κ2) is 7.84. The van der Waals surface area contributed by atoms with E-state index in [1.807, 2.05) is 0 Å². The molecule has 0 aromatic heterocycles. The zero-order chi connectivity index (χ0) is 21.6. The fraction of sp³-hybridized carbons (Fsp3) is 0.250. The minimum absolute atomic E-state index is 0.00208. The normalized spacial score (nSPS) is 21.8. The van der Waals surface area contributed by atoms with Crippen molar-refractivity contribution < 1.29 is 27.8 Å². The zero-order valence-corrected chi connectivity index (χ0v) is 17.1. The lowest BCUT2D eigenvalue weighted by Crippen LogP contribution is -2.40. The van der Waals surface area contributed by atoms with E-state index in [9.17, 15) is 23.1 Å². The minimum atomic E-state index is -4.72. The minimum Gasteiger partial charge on any atom is -0.465 e. The largest absolute Gasteiger partial charge is 0.465 e. The molecule has 0 saturated heterocycles. The van der Waals surface area contributed by atoms with E-state index in [1.165, 1.54) is 43.5 Å². The van der Waals surface area contributed by atoms with E-state index in [4.69, 9.17) is 34.8 Å². The van der Waals surface area contributed by atoms with Gasteiger partial charge >= 0.3 is 12.1 Å². The second-order valence-corrected chi connectivity index (χ2v) is 7.91. The molecule has 0 saturated carbocycles. The third-order valence-electron chi connectivity index (χ3n) is 4.87. The van der Waals surface area contributed by atoms with E-state index in [0.717, 1.165) is 6.08 Å². The predicted octanol–water partition coefficient (Wildman–Crippen LogP) is 6.08. The SMILES string of the molecule is COC(=O)c1ccc(C2=CC(c3cc(Cl)cc(Cl)c3)(C(F)(F)F)CC2O)cc1Cl. The predicted molar refractivity (Wildman–Crippen MR) is 106 cm³/mol. The van der Waals surface area contributed by atoms with E-state index in [1.54, 1.807) is 0 Å². The molecule has 0 heterocycles. The maximum Gasteiger partial charge on any atom is 0.401 e. The van der Waals surface area contributed by atoms with Crippen molar-refractivity contribution in [3.8, 4) is 0 Å². The van der Waals surface area contributed by atoms with Crippen LogP contribution in [0.25, 0.3) is 5.57 Å². The molecule has 2 aromatic rings. The summed E-state index contributed by atoms with van der Waals surface area (Å²) >= 11 is 17.9. The number of allylic oxidation sites excluding steroid dienone is 1. The fourth-order valence-electron chi connectivity index (χ4n) is 3.46. The van der Waals surface area contributed by atoms with Crippen molar-refractivity contribution in [3.63, 3.8) is 0 Å². The average molecular weight is 466 g/mol. The van der Waals surface area contributed by atoms with Crippen molar-refractivity contribution in [2.24, 2.45) is 0 Å². The van der Waals surface area contributed by atoms with Crippen molar-refractivity contribution >= 4 is 46.3 Å². The van der Waals surface area contributed by atoms with Gasteiger partial charge in [0.1, 0.15) is 5.41 Å². The Labute approximate surface area is 179 Å². The number of aliphatic hydroxyl groups excluding tert-OH is 1. The van der Waals surface area contributed by atoms with E-state index in [-0.39, 0.29) is 37.3 Å². The first kappa shape index (κ1) is 22.0. The highest BCUT2D eigenvalue weighted by Crippen LogP contribution is 2.53. The molecular weight excluding hydrogens is 452 g/mol. The number of aliphatic hydroxyl groups is 1. The molecule has 0 fully saturated rings. The van der Waals surface area contributed by atoms with Gasteiger partial charge in [-0.15, -0.1) is 0 Å². The summed E-state index contributed by atoms with van der Waals surface area (Å²) in [5, 5.41) is 10.6. The highest BCUT2D eigenvalue weighted by atomic mass is 35.5. The summed E-state index contributed by atoms with van der Waals surface area (Å²) in [5.74, 6) is -0.680. The van der Waals surface area contributed by atoms with Gasteiger partial charge in [0.25, 0.3) is 0 Å². The number of rotatable bonds is 3. The quantitative estimate of drug-likeness (QED) is 0.559. The Morgan fingerprint density at radius 3 is 2.28 bits per heavy atom. The number of carbonyl (C=O) groups is 1. The molecule has 1 aliphatic carbocycles. The van der Waals surface area contributed by atoms with E-state index in [2.05, 4.69) is 4.74 Å². The number of methoxy groups -OCH3 is 1. The third kappa shape index (κ3) is 3.99. The molecule has 154 valence electrons. The Morgan fingerprint density at radius 2 is 1.76 bits per heavy atom. The van der Waals surface area contributed by atoms with Gasteiger partial charge in [-0.1, -0.05) is 46.9 Å². The Kier molecular flexibility index (Phi) is 5.94. The molecule has 3 nitrogen and oxygen atoms in total. The van der Waals surface area contributed by atoms with Gasteiger partial charge in [0.15, 0.2) is 0 Å². The highest BCUT2D eigenvalue weighted by Gasteiger charge is 2.58. The van der Waals surface area contributed by atoms with Crippen LogP contribution in [-0.4, -0.2) is 30.5 Å². The average Bonchev–Trinajstić information content (AvgIpc) is 2.99. The van der Waals surface area contributed by atoms with Crippen LogP contribution in [0.1, 0.15) is 27.9 Å². The summed E-state index contributed by atoms with van der Waals surface area (Å²) in [6.07, 6.45) is -5.82. The molecule has 0 amide bonds. The van der Waals surface area contributed by atoms with Crippen LogP contribution in [0.2, 0.25) is 15.1 Å². The second-order valence-electron chi connectivity index (χ2n) is 6.63. The number of carbonyl (C=O) groups excluding carboxylic acids is 1. The number of alkyl halides is 3. The summed E-state index contributed by atoms with van der Waals surface area (Å²) in [4.78, 5) is 11.7. The number of halogens is 6. The zero-order valence-electron chi connectivity index (χ0n) is 14.9. The molecule has 0 radical (unpaired) electrons. The standard InChI is InChI=1S/C20H14Cl3F3O3/c1-29-18(28)14-3-2-10(4-16(14)23)15-8-19(9-17(15)27,20(24,25)26)11-5-12(21)7-13(22)6-11/h2-8,17,27H,9H2,1H3. The van der Waals surface area contributed by atoms with Crippen LogP contribution in [0.15, 0.2) is 42.5 Å². The molecule has 0 spiro atoms. The maximum absolute atomic E-state index is 14.2. The van der Waals surface area contributed by atoms with Crippen LogP contribution in [0, 0.1) is 0 Å². The molecule has 29 heavy (non-hydrogen) atoms. The van der Waals surface area contributed by atoms with Gasteiger partial charge in [-0.25, -0.2) is 4.79 Å². The van der Waals surface area contributed by atoms with E-state index < -0.39 is 30.1 Å². The lowest BCUT2D eigenvalue weighted by molar-refractivity contribution is -0.179. The molecule has 2 aromatic carbocycles. The van der Waals surface area contributed by atoms with Gasteiger partial charge in [-0.05, 0) is 53.5 Å². The summed E-state index contributed by atoms with van der Waals surface area (Å²) in [6, 6.07) is 7.75. The topological polar surface area (TPSA) is 46.5 Å². The van der Waals surface area contributed by atoms with Crippen molar-refractivity contribution in [2.45, 2.75) is 24.1 Å². The molecule has 2 atom stereocenters. The summed E-state index contributed by atoms with van der Waals surface area (Å²) in [6.45, 7) is 0. The molecule has 0 bridgehead atoms. The van der Waals surface area contributed by atoms with Crippen LogP contribution in [-0.2, 0) is 10.2 Å². The Balaban J connectivity index is 2.16. The summed E-state index contributed by atoms with van der Waals surface area (Å²) in [7, 11) is 1.18. The van der Waals surface area contributed by atoms with Crippen molar-refractivity contribution in [1.29, 1.82) is 0 Å². The fourth-order valence-corrected chi connectivity index (χ4v) is 4.24. The molecule has 1 N–H and O–H groups in total. The van der Waals surface area contributed by atoms with Crippen molar-refractivity contribution in [1.82, 2.24) is 0 Å². The number of esters is 1. The lowest BCUT2D eigenvalue weighted by Gasteiger charge is -2.31. The van der Waals surface area contributed by atoms with Gasteiger partial charge in [0, 0.05) is 10.0 Å². The Bertz CT molecular complexity index is 984. The molecule has 1 aliphatic rings. The third-order valence-corrected chi connectivity index (χ3v) is 5.62. The first-order valence-electron chi connectivity index (χ1n) is 8.31. The van der Waals surface area contributed by atoms with Gasteiger partial charge < -0.3 is 9.84 Å². The number of benzene rings is 2. The molecule has 0 aliphatic heterocycles. The van der Waals surface area contributed by atoms with E-state index in [0.29, 0.717) is 0 Å². The van der Waals surface area contributed by atoms with Gasteiger partial charge in [0.2, 0.25) is 0 Å². The van der Waals surface area contributed by atoms with Gasteiger partial charge in [0.05, 0.1) is 23.8 Å². The van der Waals surface area contributed by atoms with Crippen molar-refractivity contribution in [3.05, 3.63) is 74.2 Å². The van der Waals surface area contributed by atoms with Crippen LogP contribution in [0.5, 0.6) is 0 Å². The van der Waals surface area contributed by atoms with Crippen LogP contribution >= 0.6 is 34.8 Å². The number of ether oxygens (including phenoxy) is 1. The molecule has 2 unspecified atom stereocenters. The number of hydrogen-bond donors (Lipinski definition) is 1. The highest BCUT2D eigenvalue weighted by molar-refractivity contribution is 6.35. The van der Waals surface area contributed by atoms with Crippen LogP contribution in [0.4, 0.5) is 13.2 Å². The molecule has 3 rings (SSSR count). The maximum atomic E-state index is 14.2. The smallest absolute Gasteiger partial charge is 0.401 e. The van der Waals surface area contributed by atoms with E-state index >= 15 is 0 Å². The first-order valence-corrected chi connectivity index (χ1v) is 9.44. The Morgan fingerprint density at radius 1 is 1.14 bits per heavy atom. The van der Waals surface area contributed by atoms with Gasteiger partial charge in [-0.3, -0.25) is 0 Å². The Hall–Kier alpha value is -1.73. The van der Waals surface area contributed by atoms with Crippen molar-refractivity contribution in [2.75, 3.05) is 7.11 Å². The summed E-state index contributed by atoms with van der Waals surface area (Å²) < 4.78 is 47.2. The summed E-state index contributed by atoms with van der Waals surface area (Å²) in [5.41, 5.74) is -2.29. The van der Waals surface area contributed by atoms with Crippen LogP contribution in [0.3, 0.4) is 0 Å². The molecule has 9 heteroatoms. The van der Waals surface area contributed by atoms with Crippen LogP contribution < -0.4 is 0 Å². The molecular formula is C20H14Cl3F3O3. The lowest BCUT2D eigenvalue weighted by atomic mass is 9.79. The van der Waals surface area contributed by atoms with Gasteiger partial charge in [-0.2, -0.15) is 13.2 Å².